The monoisotopic (exact) mass is 359 g/mol. The van der Waals surface area contributed by atoms with Crippen LogP contribution in [0.3, 0.4) is 0 Å². The molecule has 3 atom stereocenters. The molecule has 0 saturated carbocycles. The summed E-state index contributed by atoms with van der Waals surface area (Å²) >= 11 is 2.24. The van der Waals surface area contributed by atoms with Crippen LogP contribution in [0.25, 0.3) is 0 Å². The lowest BCUT2D eigenvalue weighted by Gasteiger charge is -2.21. The Labute approximate surface area is 116 Å². The van der Waals surface area contributed by atoms with Crippen LogP contribution >= 0.6 is 22.6 Å². The Balaban J connectivity index is 3.61. The highest BCUT2D eigenvalue weighted by Gasteiger charge is 2.11. The number of ether oxygens (including phenoxy) is 3. The van der Waals surface area contributed by atoms with Crippen LogP contribution in [-0.2, 0) is 19.0 Å². The third-order valence-electron chi connectivity index (χ3n) is 1.96. The molecule has 0 spiro atoms. The second kappa shape index (κ2) is 10.0. The molecule has 0 fully saturated rings. The molecular formula is C11H20IO5-. The van der Waals surface area contributed by atoms with Gasteiger partial charge in [-0.05, 0) is 20.8 Å². The normalized spacial score (nSPS) is 16.5. The van der Waals surface area contributed by atoms with E-state index in [4.69, 9.17) is 14.2 Å². The van der Waals surface area contributed by atoms with Crippen molar-refractivity contribution in [3.05, 3.63) is 0 Å². The zero-order chi connectivity index (χ0) is 13.3. The number of alkyl halides is 1. The van der Waals surface area contributed by atoms with Crippen molar-refractivity contribution < 1.29 is 24.1 Å². The van der Waals surface area contributed by atoms with Crippen LogP contribution in [0.2, 0.25) is 0 Å². The topological polar surface area (TPSA) is 67.8 Å². The van der Waals surface area contributed by atoms with Crippen LogP contribution in [0, 0.1) is 0 Å². The van der Waals surface area contributed by atoms with Gasteiger partial charge in [0.1, 0.15) is 0 Å². The van der Waals surface area contributed by atoms with E-state index in [1.54, 1.807) is 6.92 Å². The van der Waals surface area contributed by atoms with Crippen molar-refractivity contribution in [3.8, 4) is 0 Å². The molecular weight excluding hydrogens is 339 g/mol. The maximum Gasteiger partial charge on any atom is 0.0945 e. The fourth-order valence-electron chi connectivity index (χ4n) is 1.10. The van der Waals surface area contributed by atoms with E-state index in [0.717, 1.165) is 4.43 Å². The molecule has 0 bridgehead atoms. The third kappa shape index (κ3) is 9.75. The van der Waals surface area contributed by atoms with Crippen molar-refractivity contribution in [3.63, 3.8) is 0 Å². The number of carbonyl (C=O) groups excluding carboxylic acids is 1. The predicted molar refractivity (Wildman–Crippen MR) is 70.1 cm³/mol. The second-order valence-corrected chi connectivity index (χ2v) is 4.89. The van der Waals surface area contributed by atoms with Gasteiger partial charge in [-0.2, -0.15) is 0 Å². The van der Waals surface area contributed by atoms with E-state index in [1.165, 1.54) is 6.92 Å². The van der Waals surface area contributed by atoms with Gasteiger partial charge in [0.15, 0.2) is 0 Å². The number of carboxylic acid groups (broad SMARTS) is 1. The smallest absolute Gasteiger partial charge is 0.0945 e. The molecule has 0 heterocycles. The molecule has 3 unspecified atom stereocenters. The first-order valence-electron chi connectivity index (χ1n) is 5.59. The molecule has 5 nitrogen and oxygen atoms in total. The van der Waals surface area contributed by atoms with Crippen LogP contribution in [0.5, 0.6) is 0 Å². The lowest BCUT2D eigenvalue weighted by molar-refractivity contribution is -0.317. The van der Waals surface area contributed by atoms with E-state index >= 15 is 0 Å². The predicted octanol–water partition coefficient (Wildman–Crippen LogP) is 0.387. The average molecular weight is 359 g/mol. The summed E-state index contributed by atoms with van der Waals surface area (Å²) in [6.07, 6.45) is -1.23. The number of rotatable bonds is 10. The minimum absolute atomic E-state index is 0.0257. The molecule has 0 rings (SSSR count). The largest absolute Gasteiger partial charge is 0.547 e. The first-order valence-corrected chi connectivity index (χ1v) is 7.11. The summed E-state index contributed by atoms with van der Waals surface area (Å²) in [4.78, 5) is 10.4. The maximum absolute atomic E-state index is 10.4. The van der Waals surface area contributed by atoms with E-state index in [2.05, 4.69) is 22.6 Å². The summed E-state index contributed by atoms with van der Waals surface area (Å²) in [5.74, 6) is -1.21. The zero-order valence-corrected chi connectivity index (χ0v) is 12.6. The average Bonchev–Trinajstić information content (AvgIpc) is 2.26. The molecule has 102 valence electrons. The minimum Gasteiger partial charge on any atom is -0.547 e. The number of carboxylic acids is 1. The van der Waals surface area contributed by atoms with Crippen LogP contribution in [-0.4, -0.2) is 48.5 Å². The minimum atomic E-state index is -1.21. The van der Waals surface area contributed by atoms with E-state index in [-0.39, 0.29) is 12.2 Å². The van der Waals surface area contributed by atoms with Crippen LogP contribution in [0.4, 0.5) is 0 Å². The van der Waals surface area contributed by atoms with E-state index in [0.29, 0.717) is 19.8 Å². The van der Waals surface area contributed by atoms with Crippen LogP contribution in [0.15, 0.2) is 0 Å². The van der Waals surface area contributed by atoms with Crippen molar-refractivity contribution in [1.29, 1.82) is 0 Å². The Morgan fingerprint density at radius 2 is 1.88 bits per heavy atom. The second-order valence-electron chi connectivity index (χ2n) is 3.82. The highest BCUT2D eigenvalue weighted by molar-refractivity contribution is 14.1. The Morgan fingerprint density at radius 3 is 2.41 bits per heavy atom. The standard InChI is InChI=1S/C11H21IO5/c1-8(6-15-5-4-12)16-7-9(2)17-10(3)11(13)14/h8-10H,4-7H2,1-3H3,(H,13,14)/p-1. The number of hydrogen-bond donors (Lipinski definition) is 0. The summed E-state index contributed by atoms with van der Waals surface area (Å²) in [7, 11) is 0. The molecule has 0 amide bonds. The van der Waals surface area contributed by atoms with Gasteiger partial charge in [0.25, 0.3) is 0 Å². The van der Waals surface area contributed by atoms with Crippen molar-refractivity contribution in [1.82, 2.24) is 0 Å². The van der Waals surface area contributed by atoms with Gasteiger partial charge in [0.05, 0.1) is 44.1 Å². The molecule has 17 heavy (non-hydrogen) atoms. The van der Waals surface area contributed by atoms with Gasteiger partial charge >= 0.3 is 0 Å². The lowest BCUT2D eigenvalue weighted by atomic mass is 10.3. The van der Waals surface area contributed by atoms with Crippen molar-refractivity contribution in [2.45, 2.75) is 39.1 Å². The summed E-state index contributed by atoms with van der Waals surface area (Å²) in [6.45, 7) is 6.69. The molecule has 0 aromatic heterocycles. The highest BCUT2D eigenvalue weighted by atomic mass is 127. The molecule has 0 saturated heterocycles. The highest BCUT2D eigenvalue weighted by Crippen LogP contribution is 2.01. The van der Waals surface area contributed by atoms with E-state index in [9.17, 15) is 9.90 Å². The van der Waals surface area contributed by atoms with Gasteiger partial charge in [-0.15, -0.1) is 0 Å². The van der Waals surface area contributed by atoms with E-state index in [1.807, 2.05) is 6.92 Å². The first kappa shape index (κ1) is 17.1. The van der Waals surface area contributed by atoms with Crippen LogP contribution in [0.1, 0.15) is 20.8 Å². The summed E-state index contributed by atoms with van der Waals surface area (Å²) in [5.41, 5.74) is 0. The number of aliphatic carboxylic acids is 1. The van der Waals surface area contributed by atoms with Gasteiger partial charge in [-0.3, -0.25) is 0 Å². The molecule has 0 aromatic carbocycles. The third-order valence-corrected chi connectivity index (χ3v) is 2.40. The van der Waals surface area contributed by atoms with E-state index < -0.39 is 12.1 Å². The first-order chi connectivity index (χ1) is 7.97. The Morgan fingerprint density at radius 1 is 1.24 bits per heavy atom. The van der Waals surface area contributed by atoms with Gasteiger partial charge in [0, 0.05) is 4.43 Å². The van der Waals surface area contributed by atoms with Crippen LogP contribution < -0.4 is 5.11 Å². The van der Waals surface area contributed by atoms with Crippen molar-refractivity contribution >= 4 is 28.6 Å². The fourth-order valence-corrected chi connectivity index (χ4v) is 1.41. The Hall–Kier alpha value is 0.0800. The van der Waals surface area contributed by atoms with Crippen molar-refractivity contribution in [2.75, 3.05) is 24.2 Å². The molecule has 0 aromatic rings. The fraction of sp³-hybridized carbons (Fsp3) is 0.909. The number of carbonyl (C=O) groups is 1. The van der Waals surface area contributed by atoms with Crippen molar-refractivity contribution in [2.24, 2.45) is 0 Å². The summed E-state index contributed by atoms with van der Waals surface area (Å²) < 4.78 is 16.9. The Bertz CT molecular complexity index is 212. The molecule has 0 aliphatic heterocycles. The molecule has 0 aliphatic carbocycles. The van der Waals surface area contributed by atoms with Gasteiger partial charge in [0.2, 0.25) is 0 Å². The number of hydrogen-bond acceptors (Lipinski definition) is 5. The Kier molecular flexibility index (Phi) is 10.1. The summed E-state index contributed by atoms with van der Waals surface area (Å²) in [6, 6.07) is 0. The van der Waals surface area contributed by atoms with Gasteiger partial charge in [-0.1, -0.05) is 22.6 Å². The lowest BCUT2D eigenvalue weighted by Crippen LogP contribution is -2.38. The quantitative estimate of drug-likeness (QED) is 0.321. The molecule has 6 heteroatoms. The zero-order valence-electron chi connectivity index (χ0n) is 10.5. The molecule has 0 radical (unpaired) electrons. The molecule has 0 aliphatic rings. The van der Waals surface area contributed by atoms with Gasteiger partial charge < -0.3 is 24.1 Å². The maximum atomic E-state index is 10.4. The summed E-state index contributed by atoms with van der Waals surface area (Å²) in [5, 5.41) is 10.4. The van der Waals surface area contributed by atoms with Gasteiger partial charge in [-0.25, -0.2) is 0 Å². The number of halogens is 1. The molecule has 0 N–H and O–H groups in total. The SMILES string of the molecule is CC(COCCI)OCC(C)OC(C)C(=O)[O-].